The molecule has 0 spiro atoms. The van der Waals surface area contributed by atoms with Gasteiger partial charge in [-0.05, 0) is 30.2 Å². The molecule has 0 radical (unpaired) electrons. The number of carbonyl (C=O) groups excluding carboxylic acids is 1. The average molecular weight is 391 g/mol. The van der Waals surface area contributed by atoms with Crippen LogP contribution in [0.2, 0.25) is 5.02 Å². The largest absolute Gasteiger partial charge is 0.368 e. The number of benzene rings is 2. The van der Waals surface area contributed by atoms with Gasteiger partial charge < -0.3 is 11.1 Å². The van der Waals surface area contributed by atoms with Crippen molar-refractivity contribution in [3.05, 3.63) is 64.7 Å². The van der Waals surface area contributed by atoms with E-state index in [4.69, 9.17) is 17.3 Å². The van der Waals surface area contributed by atoms with Gasteiger partial charge in [-0.2, -0.15) is 0 Å². The summed E-state index contributed by atoms with van der Waals surface area (Å²) in [7, 11) is 0. The Morgan fingerprint density at radius 2 is 1.96 bits per heavy atom. The van der Waals surface area contributed by atoms with Crippen molar-refractivity contribution in [2.45, 2.75) is 16.5 Å². The summed E-state index contributed by atoms with van der Waals surface area (Å²) in [4.78, 5) is 11.8. The lowest BCUT2D eigenvalue weighted by Gasteiger charge is -2.10. The Balaban J connectivity index is 1.77. The van der Waals surface area contributed by atoms with Gasteiger partial charge >= 0.3 is 0 Å². The molecular weight excluding hydrogens is 376 g/mol. The normalized spacial score (nSPS) is 11.9. The van der Waals surface area contributed by atoms with Crippen LogP contribution in [0.3, 0.4) is 0 Å². The summed E-state index contributed by atoms with van der Waals surface area (Å²) in [5.74, 6) is -0.411. The fourth-order valence-electron chi connectivity index (χ4n) is 2.19. The zero-order chi connectivity index (χ0) is 17.8. The number of hydrogen-bond donors (Lipinski definition) is 2. The zero-order valence-corrected chi connectivity index (χ0v) is 15.7. The first-order valence-electron chi connectivity index (χ1n) is 7.41. The number of nitrogens with zero attached hydrogens (tertiary/aromatic N) is 2. The van der Waals surface area contributed by atoms with Crippen molar-refractivity contribution in [3.63, 3.8) is 0 Å². The van der Waals surface area contributed by atoms with Gasteiger partial charge in [-0.15, -0.1) is 10.2 Å². The number of hydrogen-bond acceptors (Lipinski definition) is 6. The van der Waals surface area contributed by atoms with E-state index in [0.29, 0.717) is 14.5 Å². The molecule has 5 nitrogen and oxygen atoms in total. The quantitative estimate of drug-likeness (QED) is 0.603. The summed E-state index contributed by atoms with van der Waals surface area (Å²) in [6.07, 6.45) is 0. The average Bonchev–Trinajstić information content (AvgIpc) is 3.04. The van der Waals surface area contributed by atoms with E-state index in [0.717, 1.165) is 16.8 Å². The molecule has 0 fully saturated rings. The molecule has 0 saturated heterocycles. The van der Waals surface area contributed by atoms with Crippen LogP contribution in [0.1, 0.15) is 16.4 Å². The van der Waals surface area contributed by atoms with Gasteiger partial charge in [0.05, 0.1) is 0 Å². The van der Waals surface area contributed by atoms with Gasteiger partial charge in [-0.1, -0.05) is 71.1 Å². The van der Waals surface area contributed by atoms with Crippen LogP contribution in [0.4, 0.5) is 10.8 Å². The Labute approximate surface area is 158 Å². The summed E-state index contributed by atoms with van der Waals surface area (Å²) in [6.45, 7) is 1.93. The van der Waals surface area contributed by atoms with E-state index >= 15 is 0 Å². The lowest BCUT2D eigenvalue weighted by molar-refractivity contribution is -0.117. The topological polar surface area (TPSA) is 80.9 Å². The highest BCUT2D eigenvalue weighted by Gasteiger charge is 2.21. The van der Waals surface area contributed by atoms with Crippen LogP contribution in [0.5, 0.6) is 0 Å². The number of rotatable bonds is 6. The van der Waals surface area contributed by atoms with E-state index in [1.54, 1.807) is 0 Å². The highest BCUT2D eigenvalue weighted by Crippen LogP contribution is 2.38. The number of amides is 1. The maximum absolute atomic E-state index is 11.8. The van der Waals surface area contributed by atoms with Crippen molar-refractivity contribution < 1.29 is 4.79 Å². The van der Waals surface area contributed by atoms with Gasteiger partial charge in [0.2, 0.25) is 11.0 Å². The van der Waals surface area contributed by atoms with E-state index in [-0.39, 0.29) is 0 Å². The molecule has 128 valence electrons. The minimum atomic E-state index is -0.505. The number of anilines is 2. The third-order valence-electron chi connectivity index (χ3n) is 3.50. The molecule has 25 heavy (non-hydrogen) atoms. The van der Waals surface area contributed by atoms with E-state index in [9.17, 15) is 4.79 Å². The predicted molar refractivity (Wildman–Crippen MR) is 104 cm³/mol. The van der Waals surface area contributed by atoms with Gasteiger partial charge in [-0.25, -0.2) is 0 Å². The third-order valence-corrected chi connectivity index (χ3v) is 6.10. The second-order valence-corrected chi connectivity index (χ2v) is 7.96. The fraction of sp³-hybridized carbons (Fsp3) is 0.118. The number of nitrogens with two attached hydrogens (primary N) is 1. The lowest BCUT2D eigenvalue weighted by Crippen LogP contribution is -2.18. The van der Waals surface area contributed by atoms with Crippen molar-refractivity contribution in [1.82, 2.24) is 10.2 Å². The summed E-state index contributed by atoms with van der Waals surface area (Å²) in [5.41, 5.74) is 8.20. The van der Waals surface area contributed by atoms with Crippen LogP contribution >= 0.6 is 34.7 Å². The minimum Gasteiger partial charge on any atom is -0.368 e. The Kier molecular flexibility index (Phi) is 5.57. The first-order valence-corrected chi connectivity index (χ1v) is 9.48. The van der Waals surface area contributed by atoms with Crippen molar-refractivity contribution >= 4 is 51.4 Å². The van der Waals surface area contributed by atoms with Gasteiger partial charge in [0.25, 0.3) is 0 Å². The monoisotopic (exact) mass is 390 g/mol. The maximum atomic E-state index is 11.8. The molecule has 1 aromatic heterocycles. The van der Waals surface area contributed by atoms with Gasteiger partial charge in [0, 0.05) is 10.7 Å². The Bertz CT molecular complexity index is 885. The number of nitrogens with one attached hydrogen (secondary N) is 1. The van der Waals surface area contributed by atoms with E-state index < -0.39 is 11.2 Å². The van der Waals surface area contributed by atoms with E-state index in [2.05, 4.69) is 15.5 Å². The molecule has 2 aromatic carbocycles. The first kappa shape index (κ1) is 17.7. The van der Waals surface area contributed by atoms with Crippen LogP contribution in [-0.4, -0.2) is 16.1 Å². The van der Waals surface area contributed by atoms with E-state index in [1.807, 2.05) is 55.5 Å². The van der Waals surface area contributed by atoms with Crippen LogP contribution in [0, 0.1) is 6.92 Å². The SMILES string of the molecule is Cc1c(Cl)cccc1Nc1nnc(SC(C(N)=O)c2ccccc2)s1. The summed E-state index contributed by atoms with van der Waals surface area (Å²) in [6, 6.07) is 15.0. The Hall–Kier alpha value is -2.09. The van der Waals surface area contributed by atoms with Crippen LogP contribution in [0.25, 0.3) is 0 Å². The number of halogens is 1. The second kappa shape index (κ2) is 7.86. The van der Waals surface area contributed by atoms with Crippen molar-refractivity contribution in [1.29, 1.82) is 0 Å². The molecule has 0 aliphatic carbocycles. The molecule has 3 N–H and O–H groups in total. The predicted octanol–water partition coefficient (Wildman–Crippen LogP) is 4.56. The molecule has 0 bridgehead atoms. The highest BCUT2D eigenvalue weighted by atomic mass is 35.5. The molecule has 0 aliphatic rings. The van der Waals surface area contributed by atoms with Crippen molar-refractivity contribution in [3.8, 4) is 0 Å². The van der Waals surface area contributed by atoms with Gasteiger partial charge in [0.1, 0.15) is 5.25 Å². The molecule has 1 atom stereocenters. The summed E-state index contributed by atoms with van der Waals surface area (Å²) >= 11 is 8.78. The molecule has 1 amide bonds. The number of thioether (sulfide) groups is 1. The number of carbonyl (C=O) groups is 1. The highest BCUT2D eigenvalue weighted by molar-refractivity contribution is 8.01. The summed E-state index contributed by atoms with van der Waals surface area (Å²) < 4.78 is 0.662. The van der Waals surface area contributed by atoms with Gasteiger partial charge in [-0.3, -0.25) is 4.79 Å². The smallest absolute Gasteiger partial charge is 0.235 e. The molecular formula is C17H15ClN4OS2. The zero-order valence-electron chi connectivity index (χ0n) is 13.3. The third kappa shape index (κ3) is 4.31. The van der Waals surface area contributed by atoms with E-state index in [1.165, 1.54) is 23.1 Å². The lowest BCUT2D eigenvalue weighted by atomic mass is 10.1. The van der Waals surface area contributed by atoms with Crippen LogP contribution in [0.15, 0.2) is 52.9 Å². The van der Waals surface area contributed by atoms with Gasteiger partial charge in [0.15, 0.2) is 4.34 Å². The maximum Gasteiger partial charge on any atom is 0.235 e. The fourth-order valence-corrected chi connectivity index (χ4v) is 4.27. The number of primary amides is 1. The van der Waals surface area contributed by atoms with Crippen LogP contribution < -0.4 is 11.1 Å². The molecule has 1 unspecified atom stereocenters. The molecule has 0 aliphatic heterocycles. The Morgan fingerprint density at radius 1 is 1.20 bits per heavy atom. The molecule has 1 heterocycles. The minimum absolute atomic E-state index is 0.411. The molecule has 8 heteroatoms. The standard InChI is InChI=1S/C17H15ClN4OS2/c1-10-12(18)8-5-9-13(10)20-16-21-22-17(25-16)24-14(15(19)23)11-6-3-2-4-7-11/h2-9,14H,1H3,(H2,19,23)(H,20,21). The van der Waals surface area contributed by atoms with Crippen molar-refractivity contribution in [2.24, 2.45) is 5.73 Å². The Morgan fingerprint density at radius 3 is 2.68 bits per heavy atom. The van der Waals surface area contributed by atoms with Crippen LogP contribution in [-0.2, 0) is 4.79 Å². The molecule has 3 rings (SSSR count). The van der Waals surface area contributed by atoms with Crippen molar-refractivity contribution in [2.75, 3.05) is 5.32 Å². The first-order chi connectivity index (χ1) is 12.0. The molecule has 3 aromatic rings. The summed E-state index contributed by atoms with van der Waals surface area (Å²) in [5, 5.41) is 12.3. The number of aromatic nitrogens is 2. The second-order valence-electron chi connectivity index (χ2n) is 5.22. The molecule has 0 saturated carbocycles.